The summed E-state index contributed by atoms with van der Waals surface area (Å²) in [5, 5.41) is 3.30. The summed E-state index contributed by atoms with van der Waals surface area (Å²) in [5.41, 5.74) is 8.00. The first-order chi connectivity index (χ1) is 4.83. The van der Waals surface area contributed by atoms with Crippen molar-refractivity contribution < 1.29 is 0 Å². The Hall–Kier alpha value is -1.06. The molecule has 50 valence electrons. The molecule has 4 nitrogen and oxygen atoms in total. The Labute approximate surface area is 65.7 Å². The number of halogens is 1. The van der Waals surface area contributed by atoms with E-state index in [4.69, 9.17) is 5.53 Å². The Kier molecular flexibility index (Phi) is 2.25. The lowest BCUT2D eigenvalue weighted by Crippen LogP contribution is -1.69. The van der Waals surface area contributed by atoms with Gasteiger partial charge < -0.3 is 0 Å². The molecule has 0 fully saturated rings. The zero-order valence-electron chi connectivity index (χ0n) is 4.90. The lowest BCUT2D eigenvalue weighted by molar-refractivity contribution is 1.25. The highest BCUT2D eigenvalue weighted by atomic mass is 79.9. The summed E-state index contributed by atoms with van der Waals surface area (Å²) in [7, 11) is 0. The topological polar surface area (TPSA) is 61.7 Å². The van der Waals surface area contributed by atoms with E-state index in [0.717, 1.165) is 4.47 Å². The quantitative estimate of drug-likeness (QED) is 0.389. The molecule has 1 aromatic rings. The molecule has 0 saturated carbocycles. The number of pyridine rings is 1. The molecule has 0 radical (unpaired) electrons. The molecule has 0 aliphatic carbocycles. The standard InChI is InChI=1S/C5H3BrN4/c6-4-1-2-5(8-3-4)9-10-7/h1-3H. The van der Waals surface area contributed by atoms with Gasteiger partial charge >= 0.3 is 0 Å². The predicted octanol–water partition coefficient (Wildman–Crippen LogP) is 2.79. The van der Waals surface area contributed by atoms with Crippen molar-refractivity contribution in [3.63, 3.8) is 0 Å². The average molecular weight is 199 g/mol. The van der Waals surface area contributed by atoms with Crippen LogP contribution in [0.3, 0.4) is 0 Å². The number of nitrogens with zero attached hydrogens (tertiary/aromatic N) is 4. The molecule has 0 N–H and O–H groups in total. The average Bonchev–Trinajstić information content (AvgIpc) is 1.95. The van der Waals surface area contributed by atoms with Crippen molar-refractivity contribution in [1.29, 1.82) is 0 Å². The second-order valence-corrected chi connectivity index (χ2v) is 2.44. The van der Waals surface area contributed by atoms with Crippen LogP contribution in [0.25, 0.3) is 10.4 Å². The zero-order valence-corrected chi connectivity index (χ0v) is 6.48. The Morgan fingerprint density at radius 3 is 2.90 bits per heavy atom. The van der Waals surface area contributed by atoms with Gasteiger partial charge in [0.05, 0.1) is 0 Å². The third kappa shape index (κ3) is 1.72. The SMILES string of the molecule is [N-]=[N+]=Nc1ccc(Br)cn1. The fraction of sp³-hybridized carbons (Fsp3) is 0. The van der Waals surface area contributed by atoms with Crippen LogP contribution in [-0.2, 0) is 0 Å². The number of hydrogen-bond acceptors (Lipinski definition) is 2. The van der Waals surface area contributed by atoms with Gasteiger partial charge in [0.25, 0.3) is 0 Å². The van der Waals surface area contributed by atoms with Crippen LogP contribution in [-0.4, -0.2) is 4.98 Å². The summed E-state index contributed by atoms with van der Waals surface area (Å²) in [6.45, 7) is 0. The van der Waals surface area contributed by atoms with E-state index in [9.17, 15) is 0 Å². The van der Waals surface area contributed by atoms with Gasteiger partial charge in [-0.3, -0.25) is 4.98 Å². The summed E-state index contributed by atoms with van der Waals surface area (Å²) in [4.78, 5) is 6.38. The van der Waals surface area contributed by atoms with E-state index in [0.29, 0.717) is 5.82 Å². The van der Waals surface area contributed by atoms with Crippen molar-refractivity contribution in [2.45, 2.75) is 0 Å². The zero-order chi connectivity index (χ0) is 7.40. The Balaban J connectivity index is 3.00. The highest BCUT2D eigenvalue weighted by molar-refractivity contribution is 9.10. The van der Waals surface area contributed by atoms with Gasteiger partial charge in [0.1, 0.15) is 5.82 Å². The fourth-order valence-electron chi connectivity index (χ4n) is 0.473. The summed E-state index contributed by atoms with van der Waals surface area (Å²) < 4.78 is 0.865. The molecule has 1 rings (SSSR count). The first kappa shape index (κ1) is 7.05. The number of azide groups is 1. The Morgan fingerprint density at radius 1 is 1.60 bits per heavy atom. The summed E-state index contributed by atoms with van der Waals surface area (Å²) in [5.74, 6) is 0.380. The lowest BCUT2D eigenvalue weighted by Gasteiger charge is -1.88. The van der Waals surface area contributed by atoms with E-state index in [-0.39, 0.29) is 0 Å². The second-order valence-electron chi connectivity index (χ2n) is 1.52. The molecule has 0 saturated heterocycles. The molecule has 1 aromatic heterocycles. The maximum Gasteiger partial charge on any atom is 0.126 e. The van der Waals surface area contributed by atoms with Gasteiger partial charge in [-0.05, 0) is 38.7 Å². The van der Waals surface area contributed by atoms with Gasteiger partial charge in [0.15, 0.2) is 0 Å². The van der Waals surface area contributed by atoms with Crippen molar-refractivity contribution >= 4 is 21.7 Å². The summed E-state index contributed by atoms with van der Waals surface area (Å²) in [6, 6.07) is 3.39. The van der Waals surface area contributed by atoms with Gasteiger partial charge in [-0.25, -0.2) is 0 Å². The van der Waals surface area contributed by atoms with Gasteiger partial charge in [-0.2, -0.15) is 0 Å². The summed E-state index contributed by atoms with van der Waals surface area (Å²) in [6.07, 6.45) is 1.57. The highest BCUT2D eigenvalue weighted by Crippen LogP contribution is 2.12. The van der Waals surface area contributed by atoms with Gasteiger partial charge in [-0.15, -0.1) is 0 Å². The number of rotatable bonds is 1. The van der Waals surface area contributed by atoms with Crippen LogP contribution >= 0.6 is 15.9 Å². The Morgan fingerprint density at radius 2 is 2.40 bits per heavy atom. The van der Waals surface area contributed by atoms with E-state index in [1.807, 2.05) is 0 Å². The molecular weight excluding hydrogens is 196 g/mol. The molecule has 0 amide bonds. The van der Waals surface area contributed by atoms with E-state index in [1.165, 1.54) is 0 Å². The van der Waals surface area contributed by atoms with Crippen molar-refractivity contribution in [2.75, 3.05) is 0 Å². The van der Waals surface area contributed by atoms with Crippen LogP contribution in [0.1, 0.15) is 0 Å². The minimum atomic E-state index is 0.380. The van der Waals surface area contributed by atoms with E-state index in [2.05, 4.69) is 30.9 Å². The molecule has 0 spiro atoms. The second kappa shape index (κ2) is 3.20. The molecule has 0 bridgehead atoms. The van der Waals surface area contributed by atoms with Crippen LogP contribution in [0.2, 0.25) is 0 Å². The molecule has 0 unspecified atom stereocenters. The normalized spacial score (nSPS) is 8.50. The number of hydrogen-bond donors (Lipinski definition) is 0. The van der Waals surface area contributed by atoms with Gasteiger partial charge in [-0.1, -0.05) is 0 Å². The van der Waals surface area contributed by atoms with Crippen molar-refractivity contribution in [1.82, 2.24) is 4.98 Å². The molecule has 0 aliphatic heterocycles. The minimum absolute atomic E-state index is 0.380. The van der Waals surface area contributed by atoms with Crippen molar-refractivity contribution in [3.05, 3.63) is 33.2 Å². The van der Waals surface area contributed by atoms with Crippen molar-refractivity contribution in [3.8, 4) is 0 Å². The molecular formula is C5H3BrN4. The van der Waals surface area contributed by atoms with Crippen LogP contribution in [0.15, 0.2) is 27.9 Å². The smallest absolute Gasteiger partial charge is 0.126 e. The Bertz CT molecular complexity index is 261. The summed E-state index contributed by atoms with van der Waals surface area (Å²) >= 11 is 3.20. The highest BCUT2D eigenvalue weighted by Gasteiger charge is 1.87. The fourth-order valence-corrected chi connectivity index (χ4v) is 0.708. The van der Waals surface area contributed by atoms with Crippen LogP contribution in [0.5, 0.6) is 0 Å². The monoisotopic (exact) mass is 198 g/mol. The van der Waals surface area contributed by atoms with E-state index < -0.39 is 0 Å². The van der Waals surface area contributed by atoms with Crippen LogP contribution < -0.4 is 0 Å². The van der Waals surface area contributed by atoms with Crippen LogP contribution in [0.4, 0.5) is 5.82 Å². The predicted molar refractivity (Wildman–Crippen MR) is 40.7 cm³/mol. The lowest BCUT2D eigenvalue weighted by atomic mass is 10.5. The molecule has 1 heterocycles. The third-order valence-electron chi connectivity index (χ3n) is 0.859. The maximum absolute atomic E-state index is 8.00. The third-order valence-corrected chi connectivity index (χ3v) is 1.33. The first-order valence-corrected chi connectivity index (χ1v) is 3.29. The van der Waals surface area contributed by atoms with E-state index >= 15 is 0 Å². The molecule has 0 aliphatic rings. The molecule has 0 atom stereocenters. The van der Waals surface area contributed by atoms with Crippen LogP contribution in [0, 0.1) is 0 Å². The van der Waals surface area contributed by atoms with Gasteiger partial charge in [0.2, 0.25) is 0 Å². The first-order valence-electron chi connectivity index (χ1n) is 2.49. The van der Waals surface area contributed by atoms with E-state index in [1.54, 1.807) is 18.3 Å². The molecule has 10 heavy (non-hydrogen) atoms. The van der Waals surface area contributed by atoms with Crippen molar-refractivity contribution in [2.24, 2.45) is 5.11 Å². The maximum atomic E-state index is 8.00. The minimum Gasteiger partial charge on any atom is -0.253 e. The molecule has 5 heteroatoms. The number of aromatic nitrogens is 1. The largest absolute Gasteiger partial charge is 0.253 e. The van der Waals surface area contributed by atoms with Gasteiger partial charge in [0, 0.05) is 15.6 Å². The molecule has 0 aromatic carbocycles.